The Hall–Kier alpha value is -0.0400. The minimum Gasteiger partial charge on any atom is -0.396 e. The Morgan fingerprint density at radius 2 is 2.00 bits per heavy atom. The molecule has 1 heteroatoms. The van der Waals surface area contributed by atoms with Crippen LogP contribution in [0.4, 0.5) is 0 Å². The van der Waals surface area contributed by atoms with Crippen molar-refractivity contribution in [3.8, 4) is 0 Å². The van der Waals surface area contributed by atoms with Gasteiger partial charge in [-0.1, -0.05) is 19.8 Å². The molecule has 1 nitrogen and oxygen atoms in total. The molecule has 54 valence electrons. The molecule has 0 aromatic carbocycles. The maximum atomic E-state index is 8.78. The monoisotopic (exact) mass is 128 g/mol. The van der Waals surface area contributed by atoms with E-state index in [-0.39, 0.29) is 0 Å². The molecule has 1 fully saturated rings. The van der Waals surface area contributed by atoms with E-state index in [1.54, 1.807) is 0 Å². The van der Waals surface area contributed by atoms with E-state index in [0.717, 1.165) is 5.92 Å². The molecule has 0 aromatic rings. The predicted octanol–water partition coefficient (Wildman–Crippen LogP) is 1.80. The summed E-state index contributed by atoms with van der Waals surface area (Å²) in [6.45, 7) is 2.65. The zero-order chi connectivity index (χ0) is 6.69. The molecule has 0 unspecified atom stereocenters. The second-order valence-corrected chi connectivity index (χ2v) is 3.14. The summed E-state index contributed by atoms with van der Waals surface area (Å²) in [7, 11) is 0. The summed E-state index contributed by atoms with van der Waals surface area (Å²) in [5.74, 6) is 1.55. The minimum atomic E-state index is 0.413. The summed E-state index contributed by atoms with van der Waals surface area (Å²) in [5.41, 5.74) is 0. The molecule has 0 aliphatic heterocycles. The van der Waals surface area contributed by atoms with Gasteiger partial charge in [-0.05, 0) is 24.7 Å². The number of hydrogen-bond acceptors (Lipinski definition) is 1. The SMILES string of the molecule is CC[C@@H]1CC[C@@H](CO)C1. The van der Waals surface area contributed by atoms with Crippen LogP contribution < -0.4 is 0 Å². The molecule has 1 aliphatic carbocycles. The molecule has 0 radical (unpaired) electrons. The molecular weight excluding hydrogens is 112 g/mol. The Bertz CT molecular complexity index is 70.6. The quantitative estimate of drug-likeness (QED) is 0.601. The van der Waals surface area contributed by atoms with Crippen LogP contribution in [-0.4, -0.2) is 11.7 Å². The Morgan fingerprint density at radius 1 is 1.33 bits per heavy atom. The van der Waals surface area contributed by atoms with E-state index < -0.39 is 0 Å². The second kappa shape index (κ2) is 3.21. The molecule has 0 amide bonds. The third-order valence-electron chi connectivity index (χ3n) is 2.49. The first-order chi connectivity index (χ1) is 4.36. The standard InChI is InChI=1S/C8H16O/c1-2-7-3-4-8(5-7)6-9/h7-9H,2-6H2,1H3/t7-,8-/m1/s1. The van der Waals surface area contributed by atoms with Crippen LogP contribution in [0, 0.1) is 11.8 Å². The second-order valence-electron chi connectivity index (χ2n) is 3.14. The lowest BCUT2D eigenvalue weighted by Gasteiger charge is -2.04. The zero-order valence-electron chi connectivity index (χ0n) is 6.14. The lowest BCUT2D eigenvalue weighted by molar-refractivity contribution is 0.226. The largest absolute Gasteiger partial charge is 0.396 e. The van der Waals surface area contributed by atoms with Crippen molar-refractivity contribution < 1.29 is 5.11 Å². The summed E-state index contributed by atoms with van der Waals surface area (Å²) < 4.78 is 0. The molecule has 1 aliphatic rings. The van der Waals surface area contributed by atoms with Crippen LogP contribution in [0.25, 0.3) is 0 Å². The van der Waals surface area contributed by atoms with Gasteiger partial charge in [0.1, 0.15) is 0 Å². The van der Waals surface area contributed by atoms with Crippen molar-refractivity contribution in [3.05, 3.63) is 0 Å². The minimum absolute atomic E-state index is 0.413. The molecule has 0 saturated heterocycles. The van der Waals surface area contributed by atoms with Crippen molar-refractivity contribution in [3.63, 3.8) is 0 Å². The van der Waals surface area contributed by atoms with Gasteiger partial charge in [-0.2, -0.15) is 0 Å². The Morgan fingerprint density at radius 3 is 2.33 bits per heavy atom. The molecule has 9 heavy (non-hydrogen) atoms. The average molecular weight is 128 g/mol. The number of aliphatic hydroxyl groups excluding tert-OH is 1. The van der Waals surface area contributed by atoms with Gasteiger partial charge in [0.2, 0.25) is 0 Å². The highest BCUT2D eigenvalue weighted by molar-refractivity contribution is 4.73. The van der Waals surface area contributed by atoms with E-state index in [4.69, 9.17) is 5.11 Å². The van der Waals surface area contributed by atoms with Crippen LogP contribution in [0.15, 0.2) is 0 Å². The molecule has 0 spiro atoms. The third-order valence-corrected chi connectivity index (χ3v) is 2.49. The Kier molecular flexibility index (Phi) is 2.52. The third kappa shape index (κ3) is 1.68. The van der Waals surface area contributed by atoms with Crippen molar-refractivity contribution in [1.82, 2.24) is 0 Å². The van der Waals surface area contributed by atoms with Crippen LogP contribution >= 0.6 is 0 Å². The summed E-state index contributed by atoms with van der Waals surface area (Å²) in [4.78, 5) is 0. The molecule has 1 saturated carbocycles. The van der Waals surface area contributed by atoms with E-state index in [0.29, 0.717) is 12.5 Å². The highest BCUT2D eigenvalue weighted by Gasteiger charge is 2.21. The normalized spacial score (nSPS) is 35.3. The molecule has 0 bridgehead atoms. The highest BCUT2D eigenvalue weighted by Crippen LogP contribution is 2.32. The summed E-state index contributed by atoms with van der Waals surface area (Å²) in [6, 6.07) is 0. The molecule has 1 rings (SSSR count). The van der Waals surface area contributed by atoms with Crippen molar-refractivity contribution in [1.29, 1.82) is 0 Å². The fraction of sp³-hybridized carbons (Fsp3) is 1.00. The highest BCUT2D eigenvalue weighted by atomic mass is 16.3. The lowest BCUT2D eigenvalue weighted by atomic mass is 10.0. The number of hydrogen-bond donors (Lipinski definition) is 1. The van der Waals surface area contributed by atoms with Crippen LogP contribution in [-0.2, 0) is 0 Å². The molecule has 2 atom stereocenters. The Labute approximate surface area is 57.1 Å². The van der Waals surface area contributed by atoms with Crippen LogP contribution in [0.3, 0.4) is 0 Å². The van der Waals surface area contributed by atoms with Crippen LogP contribution in [0.5, 0.6) is 0 Å². The first-order valence-electron chi connectivity index (χ1n) is 3.97. The smallest absolute Gasteiger partial charge is 0.0459 e. The Balaban J connectivity index is 2.20. The molecule has 1 N–H and O–H groups in total. The fourth-order valence-corrected chi connectivity index (χ4v) is 1.72. The van der Waals surface area contributed by atoms with Crippen molar-refractivity contribution in [2.45, 2.75) is 32.6 Å². The van der Waals surface area contributed by atoms with E-state index in [9.17, 15) is 0 Å². The van der Waals surface area contributed by atoms with Gasteiger partial charge < -0.3 is 5.11 Å². The van der Waals surface area contributed by atoms with Gasteiger partial charge in [0.05, 0.1) is 0 Å². The average Bonchev–Trinajstić information content (AvgIpc) is 2.34. The van der Waals surface area contributed by atoms with Gasteiger partial charge >= 0.3 is 0 Å². The maximum Gasteiger partial charge on any atom is 0.0459 e. The van der Waals surface area contributed by atoms with Gasteiger partial charge in [0.15, 0.2) is 0 Å². The van der Waals surface area contributed by atoms with Gasteiger partial charge in [-0.3, -0.25) is 0 Å². The summed E-state index contributed by atoms with van der Waals surface area (Å²) in [5, 5.41) is 8.78. The molecular formula is C8H16O. The summed E-state index contributed by atoms with van der Waals surface area (Å²) in [6.07, 6.45) is 5.18. The van der Waals surface area contributed by atoms with Crippen molar-refractivity contribution in [2.75, 3.05) is 6.61 Å². The van der Waals surface area contributed by atoms with Crippen molar-refractivity contribution in [2.24, 2.45) is 11.8 Å². The lowest BCUT2D eigenvalue weighted by Crippen LogP contribution is -2.00. The van der Waals surface area contributed by atoms with Gasteiger partial charge in [-0.15, -0.1) is 0 Å². The first kappa shape index (κ1) is 7.07. The van der Waals surface area contributed by atoms with E-state index in [2.05, 4.69) is 6.92 Å². The van der Waals surface area contributed by atoms with Crippen LogP contribution in [0.1, 0.15) is 32.6 Å². The van der Waals surface area contributed by atoms with E-state index in [1.165, 1.54) is 25.7 Å². The van der Waals surface area contributed by atoms with Crippen LogP contribution in [0.2, 0.25) is 0 Å². The predicted molar refractivity (Wildman–Crippen MR) is 38.2 cm³/mol. The number of aliphatic hydroxyl groups is 1. The zero-order valence-corrected chi connectivity index (χ0v) is 6.14. The molecule has 0 heterocycles. The summed E-state index contributed by atoms with van der Waals surface area (Å²) >= 11 is 0. The molecule has 0 aromatic heterocycles. The fourth-order valence-electron chi connectivity index (χ4n) is 1.72. The van der Waals surface area contributed by atoms with E-state index >= 15 is 0 Å². The van der Waals surface area contributed by atoms with Gasteiger partial charge in [0, 0.05) is 6.61 Å². The topological polar surface area (TPSA) is 20.2 Å². The number of rotatable bonds is 2. The van der Waals surface area contributed by atoms with Crippen molar-refractivity contribution >= 4 is 0 Å². The maximum absolute atomic E-state index is 8.78. The van der Waals surface area contributed by atoms with Gasteiger partial charge in [-0.25, -0.2) is 0 Å². The first-order valence-corrected chi connectivity index (χ1v) is 3.97. The van der Waals surface area contributed by atoms with Gasteiger partial charge in [0.25, 0.3) is 0 Å². The van der Waals surface area contributed by atoms with E-state index in [1.807, 2.05) is 0 Å².